The molecule has 1 saturated heterocycles. The fourth-order valence-corrected chi connectivity index (χ4v) is 1.41. The van der Waals surface area contributed by atoms with Crippen LogP contribution in [0.2, 0.25) is 0 Å². The third kappa shape index (κ3) is 2.72. The molecule has 0 bridgehead atoms. The van der Waals surface area contributed by atoms with Gasteiger partial charge in [0.1, 0.15) is 5.60 Å². The van der Waals surface area contributed by atoms with Crippen molar-refractivity contribution in [2.75, 3.05) is 13.6 Å². The van der Waals surface area contributed by atoms with Crippen LogP contribution in [0.3, 0.4) is 0 Å². The molecule has 80 valence electrons. The maximum atomic E-state index is 11.6. The number of likely N-dealkylation sites (tertiary alicyclic amines) is 1. The maximum Gasteiger partial charge on any atom is 0.311 e. The number of esters is 1. The Hall–Kier alpha value is -1.06. The van der Waals surface area contributed by atoms with E-state index in [4.69, 9.17) is 4.74 Å². The standard InChI is InChI=1S/C10H17NO3/c1-10(2,3)14-9(13)7-5-8(12)11(4)6-7/h7H,5-6H2,1-4H3. The summed E-state index contributed by atoms with van der Waals surface area (Å²) in [6.45, 7) is 5.95. The van der Waals surface area contributed by atoms with E-state index in [1.807, 2.05) is 20.8 Å². The molecule has 4 heteroatoms. The molecule has 1 heterocycles. The molecule has 1 aliphatic heterocycles. The molecule has 1 amide bonds. The lowest BCUT2D eigenvalue weighted by atomic mass is 10.1. The highest BCUT2D eigenvalue weighted by Crippen LogP contribution is 2.20. The zero-order chi connectivity index (χ0) is 10.9. The highest BCUT2D eigenvalue weighted by molar-refractivity contribution is 5.86. The smallest absolute Gasteiger partial charge is 0.311 e. The van der Waals surface area contributed by atoms with Crippen molar-refractivity contribution in [2.45, 2.75) is 32.8 Å². The van der Waals surface area contributed by atoms with Crippen LogP contribution in [-0.4, -0.2) is 36.0 Å². The molecule has 1 fully saturated rings. The van der Waals surface area contributed by atoms with E-state index in [0.717, 1.165) is 0 Å². The minimum absolute atomic E-state index is 0.0147. The summed E-state index contributed by atoms with van der Waals surface area (Å²) in [5, 5.41) is 0. The van der Waals surface area contributed by atoms with Gasteiger partial charge < -0.3 is 9.64 Å². The van der Waals surface area contributed by atoms with Gasteiger partial charge in [0.05, 0.1) is 5.92 Å². The molecule has 0 saturated carbocycles. The molecular weight excluding hydrogens is 182 g/mol. The molecule has 0 aliphatic carbocycles. The molecule has 4 nitrogen and oxygen atoms in total. The fourth-order valence-electron chi connectivity index (χ4n) is 1.41. The average Bonchev–Trinajstić information content (AvgIpc) is 2.28. The monoisotopic (exact) mass is 199 g/mol. The topological polar surface area (TPSA) is 46.6 Å². The van der Waals surface area contributed by atoms with Crippen LogP contribution in [0, 0.1) is 5.92 Å². The Morgan fingerprint density at radius 3 is 2.43 bits per heavy atom. The number of hydrogen-bond acceptors (Lipinski definition) is 3. The third-order valence-electron chi connectivity index (χ3n) is 2.08. The first-order valence-electron chi connectivity index (χ1n) is 4.76. The summed E-state index contributed by atoms with van der Waals surface area (Å²) in [7, 11) is 1.70. The van der Waals surface area contributed by atoms with Gasteiger partial charge in [-0.15, -0.1) is 0 Å². The Morgan fingerprint density at radius 1 is 1.50 bits per heavy atom. The third-order valence-corrected chi connectivity index (χ3v) is 2.08. The molecule has 1 aliphatic rings. The Bertz CT molecular complexity index is 255. The summed E-state index contributed by atoms with van der Waals surface area (Å²) in [6.07, 6.45) is 0.283. The van der Waals surface area contributed by atoms with Crippen LogP contribution in [0.4, 0.5) is 0 Å². The highest BCUT2D eigenvalue weighted by atomic mass is 16.6. The molecule has 1 unspecified atom stereocenters. The molecule has 0 N–H and O–H groups in total. The van der Waals surface area contributed by atoms with E-state index in [0.29, 0.717) is 6.54 Å². The van der Waals surface area contributed by atoms with Crippen molar-refractivity contribution in [1.82, 2.24) is 4.90 Å². The highest BCUT2D eigenvalue weighted by Gasteiger charge is 2.34. The van der Waals surface area contributed by atoms with E-state index >= 15 is 0 Å². The van der Waals surface area contributed by atoms with E-state index < -0.39 is 5.60 Å². The largest absolute Gasteiger partial charge is 0.460 e. The van der Waals surface area contributed by atoms with Crippen molar-refractivity contribution < 1.29 is 14.3 Å². The Kier molecular flexibility index (Phi) is 2.83. The molecule has 0 aromatic rings. The summed E-state index contributed by atoms with van der Waals surface area (Å²) in [5.41, 5.74) is -0.471. The molecular formula is C10H17NO3. The quantitative estimate of drug-likeness (QED) is 0.587. The minimum Gasteiger partial charge on any atom is -0.460 e. The lowest BCUT2D eigenvalue weighted by Crippen LogP contribution is -2.30. The van der Waals surface area contributed by atoms with Gasteiger partial charge in [-0.05, 0) is 20.8 Å². The normalized spacial score (nSPS) is 22.7. The number of ether oxygens (including phenoxy) is 1. The summed E-state index contributed by atoms with van der Waals surface area (Å²) in [6, 6.07) is 0. The van der Waals surface area contributed by atoms with Crippen LogP contribution < -0.4 is 0 Å². The second kappa shape index (κ2) is 3.59. The van der Waals surface area contributed by atoms with E-state index in [9.17, 15) is 9.59 Å². The maximum absolute atomic E-state index is 11.6. The van der Waals surface area contributed by atoms with Crippen LogP contribution in [0.25, 0.3) is 0 Å². The van der Waals surface area contributed by atoms with Crippen LogP contribution >= 0.6 is 0 Å². The number of hydrogen-bond donors (Lipinski definition) is 0. The van der Waals surface area contributed by atoms with Gasteiger partial charge in [-0.3, -0.25) is 9.59 Å². The first-order valence-corrected chi connectivity index (χ1v) is 4.76. The van der Waals surface area contributed by atoms with E-state index in [1.54, 1.807) is 11.9 Å². The number of carbonyl (C=O) groups excluding carboxylic acids is 2. The van der Waals surface area contributed by atoms with Crippen LogP contribution in [0.15, 0.2) is 0 Å². The number of rotatable bonds is 1. The molecule has 0 radical (unpaired) electrons. The van der Waals surface area contributed by atoms with E-state index in [-0.39, 0.29) is 24.2 Å². The predicted molar refractivity (Wildman–Crippen MR) is 51.6 cm³/mol. The van der Waals surface area contributed by atoms with Gasteiger partial charge in [0.15, 0.2) is 0 Å². The van der Waals surface area contributed by atoms with Crippen molar-refractivity contribution >= 4 is 11.9 Å². The first kappa shape index (κ1) is 11.0. The van der Waals surface area contributed by atoms with E-state index in [2.05, 4.69) is 0 Å². The Morgan fingerprint density at radius 2 is 2.07 bits per heavy atom. The Balaban J connectivity index is 2.52. The van der Waals surface area contributed by atoms with Gasteiger partial charge in [-0.1, -0.05) is 0 Å². The molecule has 1 rings (SSSR count). The molecule has 0 aromatic carbocycles. The summed E-state index contributed by atoms with van der Waals surface area (Å²) in [4.78, 5) is 24.3. The Labute approximate surface area is 84.2 Å². The second-order valence-corrected chi connectivity index (χ2v) is 4.71. The molecule has 0 aromatic heterocycles. The second-order valence-electron chi connectivity index (χ2n) is 4.71. The van der Waals surface area contributed by atoms with Crippen LogP contribution in [0.1, 0.15) is 27.2 Å². The average molecular weight is 199 g/mol. The summed E-state index contributed by atoms with van der Waals surface area (Å²) in [5.74, 6) is -0.539. The van der Waals surface area contributed by atoms with Gasteiger partial charge >= 0.3 is 5.97 Å². The molecule has 14 heavy (non-hydrogen) atoms. The van der Waals surface area contributed by atoms with Crippen molar-refractivity contribution in [2.24, 2.45) is 5.92 Å². The molecule has 1 atom stereocenters. The summed E-state index contributed by atoms with van der Waals surface area (Å²) >= 11 is 0. The zero-order valence-electron chi connectivity index (χ0n) is 9.16. The summed E-state index contributed by atoms with van der Waals surface area (Å²) < 4.78 is 5.20. The van der Waals surface area contributed by atoms with Gasteiger partial charge in [0.2, 0.25) is 5.91 Å². The lowest BCUT2D eigenvalue weighted by molar-refractivity contribution is -0.159. The fraction of sp³-hybridized carbons (Fsp3) is 0.800. The van der Waals surface area contributed by atoms with E-state index in [1.165, 1.54) is 0 Å². The number of amides is 1. The minimum atomic E-state index is -0.471. The first-order chi connectivity index (χ1) is 6.29. The van der Waals surface area contributed by atoms with Crippen molar-refractivity contribution in [1.29, 1.82) is 0 Å². The number of carbonyl (C=O) groups is 2. The SMILES string of the molecule is CN1CC(C(=O)OC(C)(C)C)CC1=O. The van der Waals surface area contributed by atoms with Gasteiger partial charge in [-0.2, -0.15) is 0 Å². The lowest BCUT2D eigenvalue weighted by Gasteiger charge is -2.21. The van der Waals surface area contributed by atoms with Crippen LogP contribution in [0.5, 0.6) is 0 Å². The van der Waals surface area contributed by atoms with Gasteiger partial charge in [-0.25, -0.2) is 0 Å². The van der Waals surface area contributed by atoms with Crippen molar-refractivity contribution in [3.63, 3.8) is 0 Å². The zero-order valence-corrected chi connectivity index (χ0v) is 9.16. The van der Waals surface area contributed by atoms with Gasteiger partial charge in [0, 0.05) is 20.0 Å². The van der Waals surface area contributed by atoms with Crippen LogP contribution in [-0.2, 0) is 14.3 Å². The van der Waals surface area contributed by atoms with Gasteiger partial charge in [0.25, 0.3) is 0 Å². The molecule has 0 spiro atoms. The number of nitrogens with zero attached hydrogens (tertiary/aromatic N) is 1. The predicted octanol–water partition coefficient (Wildman–Crippen LogP) is 0.806. The van der Waals surface area contributed by atoms with Crippen molar-refractivity contribution in [3.8, 4) is 0 Å². The van der Waals surface area contributed by atoms with Crippen molar-refractivity contribution in [3.05, 3.63) is 0 Å².